The van der Waals surface area contributed by atoms with Crippen LogP contribution in [0.4, 0.5) is 0 Å². The maximum atomic E-state index is 11.9. The van der Waals surface area contributed by atoms with Crippen molar-refractivity contribution in [3.05, 3.63) is 23.8 Å². The van der Waals surface area contributed by atoms with Gasteiger partial charge in [0.1, 0.15) is 11.5 Å². The second-order valence-electron chi connectivity index (χ2n) is 5.32. The third-order valence-corrected chi connectivity index (χ3v) is 3.15. The molecule has 0 aliphatic heterocycles. The van der Waals surface area contributed by atoms with Gasteiger partial charge < -0.3 is 19.9 Å². The molecular weight excluding hydrogens is 274 g/mol. The minimum absolute atomic E-state index is 0.0629. The Labute approximate surface area is 124 Å². The Bertz CT molecular complexity index is 525. The zero-order valence-electron chi connectivity index (χ0n) is 12.7. The lowest BCUT2D eigenvalue weighted by molar-refractivity contribution is -0.146. The average Bonchev–Trinajstić information content (AvgIpc) is 2.45. The second-order valence-corrected chi connectivity index (χ2v) is 5.32. The first-order chi connectivity index (χ1) is 9.80. The zero-order chi connectivity index (χ0) is 16.0. The van der Waals surface area contributed by atoms with Crippen LogP contribution >= 0.6 is 0 Å². The van der Waals surface area contributed by atoms with Crippen LogP contribution in [0.5, 0.6) is 11.5 Å². The highest BCUT2D eigenvalue weighted by molar-refractivity contribution is 5.81. The molecular formula is C15H21NO5. The quantitative estimate of drug-likeness (QED) is 0.795. The molecule has 0 aliphatic carbocycles. The van der Waals surface area contributed by atoms with Gasteiger partial charge in [0.15, 0.2) is 0 Å². The number of rotatable bonds is 7. The number of hydrogen-bond donors (Lipinski definition) is 2. The van der Waals surface area contributed by atoms with Crippen LogP contribution in [0.15, 0.2) is 18.2 Å². The van der Waals surface area contributed by atoms with Gasteiger partial charge in [0.25, 0.3) is 0 Å². The van der Waals surface area contributed by atoms with Gasteiger partial charge in [-0.2, -0.15) is 0 Å². The maximum absolute atomic E-state index is 11.9. The van der Waals surface area contributed by atoms with Crippen molar-refractivity contribution >= 4 is 11.9 Å². The fourth-order valence-corrected chi connectivity index (χ4v) is 1.65. The van der Waals surface area contributed by atoms with Crippen LogP contribution in [0.3, 0.4) is 0 Å². The molecule has 0 radical (unpaired) electrons. The Kier molecular flexibility index (Phi) is 5.58. The van der Waals surface area contributed by atoms with Crippen LogP contribution in [0.25, 0.3) is 0 Å². The highest BCUT2D eigenvalue weighted by atomic mass is 16.5. The zero-order valence-corrected chi connectivity index (χ0v) is 12.7. The normalized spacial score (nSPS) is 10.9. The monoisotopic (exact) mass is 295 g/mol. The summed E-state index contributed by atoms with van der Waals surface area (Å²) in [5.41, 5.74) is -0.323. The summed E-state index contributed by atoms with van der Waals surface area (Å²) in [7, 11) is 3.07. The van der Waals surface area contributed by atoms with Crippen molar-refractivity contribution in [1.29, 1.82) is 0 Å². The Balaban J connectivity index is 2.72. The number of carbonyl (C=O) groups is 2. The second kappa shape index (κ2) is 6.97. The highest BCUT2D eigenvalue weighted by Gasteiger charge is 2.27. The lowest BCUT2D eigenvalue weighted by Gasteiger charge is -2.19. The molecule has 0 saturated heterocycles. The molecule has 0 bridgehead atoms. The number of ether oxygens (including phenoxy) is 2. The Hall–Kier alpha value is -2.24. The maximum Gasteiger partial charge on any atom is 0.310 e. The summed E-state index contributed by atoms with van der Waals surface area (Å²) in [5, 5.41) is 11.6. The van der Waals surface area contributed by atoms with Crippen molar-refractivity contribution in [2.45, 2.75) is 20.3 Å². The summed E-state index contributed by atoms with van der Waals surface area (Å²) in [6.45, 7) is 3.18. The van der Waals surface area contributed by atoms with Crippen LogP contribution in [-0.4, -0.2) is 37.7 Å². The smallest absolute Gasteiger partial charge is 0.310 e. The average molecular weight is 295 g/mol. The summed E-state index contributed by atoms with van der Waals surface area (Å²) in [6.07, 6.45) is 0.0933. The molecule has 0 saturated carbocycles. The van der Waals surface area contributed by atoms with Crippen molar-refractivity contribution in [2.75, 3.05) is 20.8 Å². The first-order valence-electron chi connectivity index (χ1n) is 6.51. The SMILES string of the molecule is COc1ccc(OC)c(CC(=O)NCC(C)(C)C(=O)O)c1. The third-order valence-electron chi connectivity index (χ3n) is 3.15. The van der Waals surface area contributed by atoms with Gasteiger partial charge in [0.05, 0.1) is 26.1 Å². The number of aliphatic carboxylic acids is 1. The number of carbonyl (C=O) groups excluding carboxylic acids is 1. The van der Waals surface area contributed by atoms with E-state index in [9.17, 15) is 9.59 Å². The van der Waals surface area contributed by atoms with E-state index in [-0.39, 0.29) is 18.9 Å². The number of carboxylic acids is 1. The van der Waals surface area contributed by atoms with Crippen LogP contribution in [0, 0.1) is 5.41 Å². The minimum atomic E-state index is -1.01. The van der Waals surface area contributed by atoms with E-state index in [1.807, 2.05) is 0 Å². The number of amides is 1. The predicted octanol–water partition coefficient (Wildman–Crippen LogP) is 1.47. The Morgan fingerprint density at radius 2 is 1.90 bits per heavy atom. The predicted molar refractivity (Wildman–Crippen MR) is 77.7 cm³/mol. The molecule has 0 unspecified atom stereocenters. The first-order valence-corrected chi connectivity index (χ1v) is 6.51. The first kappa shape index (κ1) is 16.8. The van der Waals surface area contributed by atoms with Gasteiger partial charge in [0, 0.05) is 12.1 Å². The van der Waals surface area contributed by atoms with E-state index in [4.69, 9.17) is 14.6 Å². The van der Waals surface area contributed by atoms with E-state index in [1.54, 1.807) is 39.2 Å². The van der Waals surface area contributed by atoms with E-state index in [0.717, 1.165) is 0 Å². The fourth-order valence-electron chi connectivity index (χ4n) is 1.65. The van der Waals surface area contributed by atoms with E-state index in [1.165, 1.54) is 7.11 Å². The molecule has 2 N–H and O–H groups in total. The molecule has 0 fully saturated rings. The molecule has 0 atom stereocenters. The summed E-state index contributed by atoms with van der Waals surface area (Å²) in [6, 6.07) is 5.19. The van der Waals surface area contributed by atoms with Crippen molar-refractivity contribution in [3.63, 3.8) is 0 Å². The highest BCUT2D eigenvalue weighted by Crippen LogP contribution is 2.24. The van der Waals surface area contributed by atoms with E-state index >= 15 is 0 Å². The lowest BCUT2D eigenvalue weighted by Crippen LogP contribution is -2.39. The fraction of sp³-hybridized carbons (Fsp3) is 0.467. The number of methoxy groups -OCH3 is 2. The molecule has 1 aromatic carbocycles. The van der Waals surface area contributed by atoms with E-state index in [0.29, 0.717) is 17.1 Å². The third kappa shape index (κ3) is 4.66. The van der Waals surface area contributed by atoms with Gasteiger partial charge in [-0.15, -0.1) is 0 Å². The summed E-state index contributed by atoms with van der Waals surface area (Å²) in [4.78, 5) is 22.9. The lowest BCUT2D eigenvalue weighted by atomic mass is 9.94. The van der Waals surface area contributed by atoms with Gasteiger partial charge in [-0.1, -0.05) is 0 Å². The van der Waals surface area contributed by atoms with E-state index in [2.05, 4.69) is 5.32 Å². The number of benzene rings is 1. The molecule has 6 nitrogen and oxygen atoms in total. The van der Waals surface area contributed by atoms with Gasteiger partial charge in [0.2, 0.25) is 5.91 Å². The Morgan fingerprint density at radius 1 is 1.24 bits per heavy atom. The largest absolute Gasteiger partial charge is 0.497 e. The van der Waals surface area contributed by atoms with Gasteiger partial charge in [-0.25, -0.2) is 0 Å². The molecule has 116 valence electrons. The Morgan fingerprint density at radius 3 is 2.43 bits per heavy atom. The van der Waals surface area contributed by atoms with Crippen LogP contribution in [0.1, 0.15) is 19.4 Å². The van der Waals surface area contributed by atoms with Gasteiger partial charge in [-0.05, 0) is 32.0 Å². The van der Waals surface area contributed by atoms with Crippen molar-refractivity contribution in [1.82, 2.24) is 5.32 Å². The number of carboxylic acid groups (broad SMARTS) is 1. The molecule has 6 heteroatoms. The van der Waals surface area contributed by atoms with E-state index < -0.39 is 11.4 Å². The van der Waals surface area contributed by atoms with Crippen LogP contribution in [0.2, 0.25) is 0 Å². The molecule has 0 aliphatic rings. The van der Waals surface area contributed by atoms with Crippen molar-refractivity contribution in [2.24, 2.45) is 5.41 Å². The molecule has 1 aromatic rings. The number of nitrogens with one attached hydrogen (secondary N) is 1. The molecule has 0 heterocycles. The summed E-state index contributed by atoms with van der Waals surface area (Å²) in [5.74, 6) is -0.00875. The molecule has 0 aromatic heterocycles. The van der Waals surface area contributed by atoms with Crippen LogP contribution in [-0.2, 0) is 16.0 Å². The molecule has 21 heavy (non-hydrogen) atoms. The molecule has 1 rings (SSSR count). The molecule has 1 amide bonds. The van der Waals surface area contributed by atoms with Gasteiger partial charge >= 0.3 is 5.97 Å². The summed E-state index contributed by atoms with van der Waals surface area (Å²) < 4.78 is 10.3. The van der Waals surface area contributed by atoms with Crippen molar-refractivity contribution < 1.29 is 24.2 Å². The standard InChI is InChI=1S/C15H21NO5/c1-15(2,14(18)19)9-16-13(17)8-10-7-11(20-3)5-6-12(10)21-4/h5-7H,8-9H2,1-4H3,(H,16,17)(H,18,19). The van der Waals surface area contributed by atoms with Gasteiger partial charge in [-0.3, -0.25) is 9.59 Å². The van der Waals surface area contributed by atoms with Crippen LogP contribution < -0.4 is 14.8 Å². The minimum Gasteiger partial charge on any atom is -0.497 e. The summed E-state index contributed by atoms with van der Waals surface area (Å²) >= 11 is 0. The topological polar surface area (TPSA) is 84.9 Å². The number of hydrogen-bond acceptors (Lipinski definition) is 4. The molecule has 0 spiro atoms. The van der Waals surface area contributed by atoms with Crippen molar-refractivity contribution in [3.8, 4) is 11.5 Å².